The number of aryl methyl sites for hydroxylation is 2. The van der Waals surface area contributed by atoms with Gasteiger partial charge in [0.05, 0.1) is 0 Å². The standard InChI is InChI=1S/C22H19F2N5O2/c1-11-10-26-21(25)19-18(27-12(2)29(11)19)16-7-6-15(9-17(16)24)28-22(31)20(30)13-4-3-5-14(23)8-13/h3-10,20,30H,1-2H3,(H2,25,26)(H,28,31)/t20-/m0/s1/i2D3. The van der Waals surface area contributed by atoms with E-state index >= 15 is 4.39 Å². The first kappa shape index (κ1) is 16.9. The predicted molar refractivity (Wildman–Crippen MR) is 112 cm³/mol. The Morgan fingerprint density at radius 2 is 2.10 bits per heavy atom. The molecule has 0 unspecified atom stereocenters. The molecule has 1 atom stereocenters. The molecule has 0 aliphatic rings. The summed E-state index contributed by atoms with van der Waals surface area (Å²) in [5, 5.41) is 12.5. The van der Waals surface area contributed by atoms with Crippen LogP contribution in [-0.4, -0.2) is 25.4 Å². The highest BCUT2D eigenvalue weighted by molar-refractivity contribution is 5.95. The monoisotopic (exact) mass is 426 g/mol. The van der Waals surface area contributed by atoms with Crippen molar-refractivity contribution in [1.29, 1.82) is 0 Å². The van der Waals surface area contributed by atoms with Crippen molar-refractivity contribution in [2.24, 2.45) is 0 Å². The van der Waals surface area contributed by atoms with E-state index in [2.05, 4.69) is 15.3 Å². The van der Waals surface area contributed by atoms with E-state index in [-0.39, 0.29) is 39.7 Å². The average molecular weight is 426 g/mol. The Balaban J connectivity index is 1.71. The number of nitrogens with two attached hydrogens (primary N) is 1. The molecule has 2 aromatic carbocycles. The van der Waals surface area contributed by atoms with Crippen LogP contribution in [0.4, 0.5) is 20.3 Å². The largest absolute Gasteiger partial charge is 0.382 e. The van der Waals surface area contributed by atoms with Gasteiger partial charge in [-0.15, -0.1) is 0 Å². The highest BCUT2D eigenvalue weighted by Gasteiger charge is 2.21. The van der Waals surface area contributed by atoms with Crippen LogP contribution in [0.25, 0.3) is 16.8 Å². The maximum atomic E-state index is 15.1. The molecule has 0 radical (unpaired) electrons. The zero-order chi connectivity index (χ0) is 24.8. The van der Waals surface area contributed by atoms with Gasteiger partial charge in [0, 0.05) is 27.3 Å². The molecule has 0 aliphatic heterocycles. The van der Waals surface area contributed by atoms with E-state index in [9.17, 15) is 14.3 Å². The number of imidazole rings is 1. The third-order valence-electron chi connectivity index (χ3n) is 4.77. The van der Waals surface area contributed by atoms with E-state index in [1.807, 2.05) is 0 Å². The molecule has 4 aromatic rings. The summed E-state index contributed by atoms with van der Waals surface area (Å²) in [6.07, 6.45) is -0.284. The maximum Gasteiger partial charge on any atom is 0.257 e. The summed E-state index contributed by atoms with van der Waals surface area (Å²) in [6.45, 7) is -0.976. The van der Waals surface area contributed by atoms with Crippen LogP contribution in [0.3, 0.4) is 0 Å². The van der Waals surface area contributed by atoms with Crippen molar-refractivity contribution in [2.45, 2.75) is 19.9 Å². The number of hydrogen-bond donors (Lipinski definition) is 3. The van der Waals surface area contributed by atoms with Gasteiger partial charge < -0.3 is 16.2 Å². The third-order valence-corrected chi connectivity index (χ3v) is 4.77. The molecule has 0 fully saturated rings. The molecule has 9 heteroatoms. The first-order valence-electron chi connectivity index (χ1n) is 10.7. The normalized spacial score (nSPS) is 14.0. The molecule has 0 aliphatic carbocycles. The lowest BCUT2D eigenvalue weighted by atomic mass is 10.1. The Bertz CT molecular complexity index is 1420. The first-order chi connectivity index (χ1) is 16.0. The second-order valence-corrected chi connectivity index (χ2v) is 6.89. The van der Waals surface area contributed by atoms with Crippen LogP contribution >= 0.6 is 0 Å². The summed E-state index contributed by atoms with van der Waals surface area (Å²) < 4.78 is 53.2. The number of aliphatic hydroxyl groups excluding tert-OH is 1. The summed E-state index contributed by atoms with van der Waals surface area (Å²) in [4.78, 5) is 20.5. The van der Waals surface area contributed by atoms with E-state index in [0.29, 0.717) is 5.69 Å². The summed E-state index contributed by atoms with van der Waals surface area (Å²) in [5.41, 5.74) is 6.54. The van der Waals surface area contributed by atoms with Gasteiger partial charge in [0.1, 0.15) is 34.5 Å². The molecule has 158 valence electrons. The second-order valence-electron chi connectivity index (χ2n) is 6.89. The molecular formula is C22H19F2N5O2. The summed E-state index contributed by atoms with van der Waals surface area (Å²) in [6, 6.07) is 8.56. The van der Waals surface area contributed by atoms with Crippen molar-refractivity contribution in [3.8, 4) is 11.3 Å². The highest BCUT2D eigenvalue weighted by Crippen LogP contribution is 2.32. The topological polar surface area (TPSA) is 106 Å². The zero-order valence-electron chi connectivity index (χ0n) is 19.2. The van der Waals surface area contributed by atoms with Crippen LogP contribution in [0.5, 0.6) is 0 Å². The Morgan fingerprint density at radius 1 is 1.29 bits per heavy atom. The fraction of sp³-hybridized carbons (Fsp3) is 0.136. The van der Waals surface area contributed by atoms with Crippen molar-refractivity contribution >= 4 is 22.9 Å². The number of rotatable bonds is 4. The molecule has 2 heterocycles. The van der Waals surface area contributed by atoms with Crippen molar-refractivity contribution in [3.63, 3.8) is 0 Å². The molecule has 4 N–H and O–H groups in total. The predicted octanol–water partition coefficient (Wildman–Crippen LogP) is 3.55. The van der Waals surface area contributed by atoms with E-state index in [1.165, 1.54) is 40.9 Å². The number of anilines is 2. The first-order valence-corrected chi connectivity index (χ1v) is 9.15. The van der Waals surface area contributed by atoms with Gasteiger partial charge in [-0.3, -0.25) is 9.20 Å². The Hall–Kier alpha value is -3.85. The Kier molecular flexibility index (Phi) is 4.23. The van der Waals surface area contributed by atoms with E-state index in [4.69, 9.17) is 9.85 Å². The number of hydrogen-bond acceptors (Lipinski definition) is 5. The lowest BCUT2D eigenvalue weighted by Crippen LogP contribution is -2.21. The number of carbonyl (C=O) groups excluding carboxylic acids is 1. The number of nitrogens with one attached hydrogen (secondary N) is 1. The number of amides is 1. The van der Waals surface area contributed by atoms with Crippen LogP contribution in [0.15, 0.2) is 48.7 Å². The van der Waals surface area contributed by atoms with Crippen LogP contribution in [0.2, 0.25) is 0 Å². The summed E-state index contributed by atoms with van der Waals surface area (Å²) in [7, 11) is 0. The van der Waals surface area contributed by atoms with Gasteiger partial charge in [-0.25, -0.2) is 18.7 Å². The molecule has 1 amide bonds. The van der Waals surface area contributed by atoms with Gasteiger partial charge in [0.2, 0.25) is 0 Å². The number of fused-ring (bicyclic) bond motifs is 1. The molecule has 0 saturated heterocycles. The molecule has 0 bridgehead atoms. The summed E-state index contributed by atoms with van der Waals surface area (Å²) >= 11 is 0. The van der Waals surface area contributed by atoms with Gasteiger partial charge in [0.25, 0.3) is 5.91 Å². The minimum absolute atomic E-state index is 0.0172. The van der Waals surface area contributed by atoms with Crippen LogP contribution in [0.1, 0.15) is 27.3 Å². The minimum atomic E-state index is -2.60. The average Bonchev–Trinajstić information content (AvgIpc) is 3.18. The zero-order valence-corrected chi connectivity index (χ0v) is 16.2. The lowest BCUT2D eigenvalue weighted by Gasteiger charge is -2.12. The van der Waals surface area contributed by atoms with Gasteiger partial charge in [0.15, 0.2) is 6.10 Å². The van der Waals surface area contributed by atoms with Crippen molar-refractivity contribution in [2.75, 3.05) is 11.1 Å². The lowest BCUT2D eigenvalue weighted by molar-refractivity contribution is -0.124. The van der Waals surface area contributed by atoms with Crippen LogP contribution in [0, 0.1) is 25.4 Å². The van der Waals surface area contributed by atoms with Gasteiger partial charge in [-0.1, -0.05) is 12.1 Å². The molecular weight excluding hydrogens is 404 g/mol. The number of benzene rings is 2. The van der Waals surface area contributed by atoms with Crippen LogP contribution in [-0.2, 0) is 4.79 Å². The molecule has 0 saturated carbocycles. The molecule has 4 rings (SSSR count). The Labute approximate surface area is 180 Å². The maximum absolute atomic E-state index is 15.1. The molecule has 7 nitrogen and oxygen atoms in total. The van der Waals surface area contributed by atoms with Crippen molar-refractivity contribution < 1.29 is 22.8 Å². The van der Waals surface area contributed by atoms with Crippen molar-refractivity contribution in [1.82, 2.24) is 14.4 Å². The number of carbonyl (C=O) groups is 1. The van der Waals surface area contributed by atoms with E-state index in [1.54, 1.807) is 6.92 Å². The number of halogens is 2. The molecule has 0 spiro atoms. The van der Waals surface area contributed by atoms with E-state index < -0.39 is 30.5 Å². The number of aliphatic hydroxyl groups is 1. The van der Waals surface area contributed by atoms with E-state index in [0.717, 1.165) is 12.1 Å². The second kappa shape index (κ2) is 7.77. The Morgan fingerprint density at radius 3 is 2.81 bits per heavy atom. The number of nitrogen functional groups attached to an aromatic ring is 1. The third kappa shape index (κ3) is 3.71. The quantitative estimate of drug-likeness (QED) is 0.463. The fourth-order valence-corrected chi connectivity index (χ4v) is 3.29. The summed E-state index contributed by atoms with van der Waals surface area (Å²) in [5.74, 6) is -2.65. The van der Waals surface area contributed by atoms with Gasteiger partial charge in [-0.05, 0) is 49.7 Å². The van der Waals surface area contributed by atoms with Gasteiger partial charge in [-0.2, -0.15) is 0 Å². The molecule has 2 aromatic heterocycles. The van der Waals surface area contributed by atoms with Crippen LogP contribution < -0.4 is 11.1 Å². The smallest absolute Gasteiger partial charge is 0.257 e. The molecule has 31 heavy (non-hydrogen) atoms. The highest BCUT2D eigenvalue weighted by atomic mass is 19.1. The SMILES string of the molecule is [2H]C([2H])([2H])c1nc(-c2ccc(NC(=O)[C@@H](O)c3cccc(F)c3)cc2F)c2c(N)ncc(C)n12. The van der Waals surface area contributed by atoms with Crippen molar-refractivity contribution in [3.05, 3.63) is 77.4 Å². The minimum Gasteiger partial charge on any atom is -0.382 e. The fourth-order valence-electron chi connectivity index (χ4n) is 3.29. The van der Waals surface area contributed by atoms with Gasteiger partial charge >= 0.3 is 0 Å². The number of aromatic nitrogens is 3. The number of nitrogens with zero attached hydrogens (tertiary/aromatic N) is 3.